The Labute approximate surface area is 181 Å². The summed E-state index contributed by atoms with van der Waals surface area (Å²) in [5.41, 5.74) is 1.73. The highest BCUT2D eigenvalue weighted by Gasteiger charge is 2.26. The molecule has 31 heavy (non-hydrogen) atoms. The molecule has 7 nitrogen and oxygen atoms in total. The van der Waals surface area contributed by atoms with Crippen molar-refractivity contribution in [3.63, 3.8) is 0 Å². The van der Waals surface area contributed by atoms with Crippen LogP contribution in [0.5, 0.6) is 0 Å². The minimum absolute atomic E-state index is 0.0509. The second-order valence-electron chi connectivity index (χ2n) is 7.88. The number of rotatable bonds is 10. The molecule has 0 radical (unpaired) electrons. The van der Waals surface area contributed by atoms with E-state index in [1.807, 2.05) is 19.9 Å². The van der Waals surface area contributed by atoms with E-state index in [2.05, 4.69) is 10.6 Å². The van der Waals surface area contributed by atoms with Gasteiger partial charge in [-0.1, -0.05) is 68.4 Å². The van der Waals surface area contributed by atoms with Crippen molar-refractivity contribution >= 4 is 23.6 Å². The molecule has 0 saturated heterocycles. The molecule has 0 bridgehead atoms. The average Bonchev–Trinajstić information content (AvgIpc) is 2.72. The predicted octanol–water partition coefficient (Wildman–Crippen LogP) is 2.58. The Hall–Kier alpha value is -3.48. The largest absolute Gasteiger partial charge is 0.480 e. The Morgan fingerprint density at radius 2 is 1.42 bits per heavy atom. The van der Waals surface area contributed by atoms with E-state index in [-0.39, 0.29) is 24.0 Å². The highest BCUT2D eigenvalue weighted by molar-refractivity contribution is 6.08. The van der Waals surface area contributed by atoms with Crippen LogP contribution in [0.2, 0.25) is 0 Å². The molecule has 2 aromatic carbocycles. The molecule has 0 aliphatic heterocycles. The molecule has 0 aliphatic rings. The maximum absolute atomic E-state index is 12.6. The van der Waals surface area contributed by atoms with Gasteiger partial charge in [-0.05, 0) is 17.9 Å². The van der Waals surface area contributed by atoms with E-state index in [1.165, 1.54) is 6.92 Å². The van der Waals surface area contributed by atoms with Crippen LogP contribution >= 0.6 is 0 Å². The van der Waals surface area contributed by atoms with Gasteiger partial charge in [-0.2, -0.15) is 0 Å². The summed E-state index contributed by atoms with van der Waals surface area (Å²) in [6.07, 6.45) is 0.448. The molecule has 0 aromatic heterocycles. The number of amides is 2. The van der Waals surface area contributed by atoms with Crippen LogP contribution in [0, 0.1) is 5.92 Å². The summed E-state index contributed by atoms with van der Waals surface area (Å²) < 4.78 is 0. The first-order valence-corrected chi connectivity index (χ1v) is 10.2. The fourth-order valence-electron chi connectivity index (χ4n) is 3.20. The number of carboxylic acids is 1. The number of carboxylic acid groups (broad SMARTS) is 1. The number of hydrogen-bond acceptors (Lipinski definition) is 4. The molecule has 2 atom stereocenters. The fourth-order valence-corrected chi connectivity index (χ4v) is 3.20. The number of carbonyl (C=O) groups is 4. The lowest BCUT2D eigenvalue weighted by Crippen LogP contribution is -2.52. The number of hydrogen-bond donors (Lipinski definition) is 3. The van der Waals surface area contributed by atoms with Crippen LogP contribution in [0.1, 0.15) is 48.7 Å². The molecule has 0 aliphatic carbocycles. The van der Waals surface area contributed by atoms with Gasteiger partial charge in [-0.3, -0.25) is 14.4 Å². The van der Waals surface area contributed by atoms with Crippen molar-refractivity contribution in [2.75, 3.05) is 0 Å². The van der Waals surface area contributed by atoms with Crippen LogP contribution in [0.3, 0.4) is 0 Å². The summed E-state index contributed by atoms with van der Waals surface area (Å²) in [5, 5.41) is 14.7. The smallest absolute Gasteiger partial charge is 0.326 e. The lowest BCUT2D eigenvalue weighted by Gasteiger charge is -2.22. The highest BCUT2D eigenvalue weighted by Crippen LogP contribution is 2.13. The van der Waals surface area contributed by atoms with Crippen LogP contribution in [-0.4, -0.2) is 40.8 Å². The monoisotopic (exact) mass is 424 g/mol. The van der Waals surface area contributed by atoms with Gasteiger partial charge in [0.15, 0.2) is 5.78 Å². The van der Waals surface area contributed by atoms with Crippen molar-refractivity contribution < 1.29 is 24.3 Å². The quantitative estimate of drug-likeness (QED) is 0.508. The first kappa shape index (κ1) is 23.8. The summed E-state index contributed by atoms with van der Waals surface area (Å²) in [4.78, 5) is 48.2. The van der Waals surface area contributed by atoms with E-state index >= 15 is 0 Å². The van der Waals surface area contributed by atoms with Gasteiger partial charge >= 0.3 is 5.97 Å². The van der Waals surface area contributed by atoms with E-state index < -0.39 is 24.0 Å². The first-order valence-electron chi connectivity index (χ1n) is 10.2. The topological polar surface area (TPSA) is 113 Å². The summed E-state index contributed by atoms with van der Waals surface area (Å²) in [5.74, 6) is -2.05. The zero-order valence-electron chi connectivity index (χ0n) is 17.9. The van der Waals surface area contributed by atoms with E-state index in [9.17, 15) is 24.3 Å². The van der Waals surface area contributed by atoms with E-state index in [4.69, 9.17) is 0 Å². The van der Waals surface area contributed by atoms with Crippen molar-refractivity contribution in [2.45, 2.75) is 45.7 Å². The number of ketones is 1. The molecule has 0 fully saturated rings. The number of aliphatic carboxylic acids is 1. The van der Waals surface area contributed by atoms with Crippen LogP contribution in [0.4, 0.5) is 0 Å². The number of carbonyl (C=O) groups excluding carboxylic acids is 3. The molecule has 0 unspecified atom stereocenters. The van der Waals surface area contributed by atoms with Crippen LogP contribution in [0.25, 0.3) is 0 Å². The number of nitrogens with one attached hydrogen (secondary N) is 2. The van der Waals surface area contributed by atoms with Gasteiger partial charge in [-0.25, -0.2) is 4.79 Å². The maximum Gasteiger partial charge on any atom is 0.326 e. The minimum Gasteiger partial charge on any atom is -0.480 e. The second kappa shape index (κ2) is 11.1. The average molecular weight is 424 g/mol. The first-order chi connectivity index (χ1) is 14.7. The highest BCUT2D eigenvalue weighted by atomic mass is 16.4. The SMILES string of the molecule is CC(=O)N[C@@H](CC(C)C)C(=O)N[C@H](Cc1ccc(C(=O)c2ccccc2)cc1)C(=O)O. The zero-order chi connectivity index (χ0) is 23.0. The van der Waals surface area contributed by atoms with Crippen LogP contribution in [-0.2, 0) is 20.8 Å². The van der Waals surface area contributed by atoms with Gasteiger partial charge in [0.2, 0.25) is 11.8 Å². The second-order valence-corrected chi connectivity index (χ2v) is 7.88. The Balaban J connectivity index is 2.08. The van der Waals surface area contributed by atoms with Crippen molar-refractivity contribution in [1.29, 1.82) is 0 Å². The van der Waals surface area contributed by atoms with Gasteiger partial charge in [0.25, 0.3) is 0 Å². The third kappa shape index (κ3) is 7.37. The van der Waals surface area contributed by atoms with Gasteiger partial charge < -0.3 is 15.7 Å². The molecule has 7 heteroatoms. The fraction of sp³-hybridized carbons (Fsp3) is 0.333. The third-order valence-corrected chi connectivity index (χ3v) is 4.71. The summed E-state index contributed by atoms with van der Waals surface area (Å²) in [6.45, 7) is 5.14. The Morgan fingerprint density at radius 3 is 1.94 bits per heavy atom. The molecule has 0 saturated carbocycles. The van der Waals surface area contributed by atoms with Crippen molar-refractivity contribution in [3.05, 3.63) is 71.3 Å². The Bertz CT molecular complexity index is 923. The Kier molecular flexibility index (Phi) is 8.49. The van der Waals surface area contributed by atoms with Crippen molar-refractivity contribution in [1.82, 2.24) is 10.6 Å². The summed E-state index contributed by atoms with van der Waals surface area (Å²) in [6, 6.07) is 13.5. The lowest BCUT2D eigenvalue weighted by atomic mass is 9.99. The summed E-state index contributed by atoms with van der Waals surface area (Å²) >= 11 is 0. The number of benzene rings is 2. The third-order valence-electron chi connectivity index (χ3n) is 4.71. The van der Waals surface area contributed by atoms with Gasteiger partial charge in [0.05, 0.1) is 0 Å². The molecule has 3 N–H and O–H groups in total. The Morgan fingerprint density at radius 1 is 0.839 bits per heavy atom. The molecule has 0 heterocycles. The van der Waals surface area contributed by atoms with Crippen LogP contribution < -0.4 is 10.6 Å². The molecule has 2 amide bonds. The van der Waals surface area contributed by atoms with Gasteiger partial charge in [0, 0.05) is 24.5 Å². The van der Waals surface area contributed by atoms with Gasteiger partial charge in [0.1, 0.15) is 12.1 Å². The zero-order valence-corrected chi connectivity index (χ0v) is 17.9. The maximum atomic E-state index is 12.6. The molecule has 2 aromatic rings. The normalized spacial score (nSPS) is 12.6. The van der Waals surface area contributed by atoms with Crippen molar-refractivity contribution in [2.24, 2.45) is 5.92 Å². The molecular formula is C24H28N2O5. The molecular weight excluding hydrogens is 396 g/mol. The van der Waals surface area contributed by atoms with E-state index in [1.54, 1.807) is 48.5 Å². The van der Waals surface area contributed by atoms with Crippen molar-refractivity contribution in [3.8, 4) is 0 Å². The predicted molar refractivity (Wildman–Crippen MR) is 117 cm³/mol. The minimum atomic E-state index is -1.18. The molecule has 164 valence electrons. The molecule has 0 spiro atoms. The molecule has 2 rings (SSSR count). The van der Waals surface area contributed by atoms with E-state index in [0.717, 1.165) is 0 Å². The van der Waals surface area contributed by atoms with Gasteiger partial charge in [-0.15, -0.1) is 0 Å². The summed E-state index contributed by atoms with van der Waals surface area (Å²) in [7, 11) is 0. The van der Waals surface area contributed by atoms with Crippen LogP contribution in [0.15, 0.2) is 54.6 Å². The lowest BCUT2D eigenvalue weighted by molar-refractivity contribution is -0.142. The standard InChI is InChI=1S/C24H28N2O5/c1-15(2)13-20(25-16(3)27)23(29)26-21(24(30)31)14-17-9-11-19(12-10-17)22(28)18-7-5-4-6-8-18/h4-12,15,20-21H,13-14H2,1-3H3,(H,25,27)(H,26,29)(H,30,31)/t20-,21+/m0/s1. The van der Waals surface area contributed by atoms with E-state index in [0.29, 0.717) is 23.1 Å².